The summed E-state index contributed by atoms with van der Waals surface area (Å²) in [6, 6.07) is 28.0. The van der Waals surface area contributed by atoms with Gasteiger partial charge in [-0.1, -0.05) is 55.5 Å². The Morgan fingerprint density at radius 3 is 2.22 bits per heavy atom. The maximum absolute atomic E-state index is 13.2. The maximum Gasteiger partial charge on any atom is 0.197 e. The fourth-order valence-corrected chi connectivity index (χ4v) is 6.29. The summed E-state index contributed by atoms with van der Waals surface area (Å²) < 4.78 is 0. The highest BCUT2D eigenvalue weighted by Gasteiger charge is 2.34. The molecule has 0 bridgehead atoms. The molecule has 0 radical (unpaired) electrons. The lowest BCUT2D eigenvalue weighted by molar-refractivity contribution is 0.0990. The third-order valence-electron chi connectivity index (χ3n) is 7.12. The summed E-state index contributed by atoms with van der Waals surface area (Å²) in [6.07, 6.45) is 3.56. The summed E-state index contributed by atoms with van der Waals surface area (Å²) in [5, 5.41) is 2.91. The Morgan fingerprint density at radius 1 is 0.806 bits per heavy atom. The number of ketones is 2. The number of allylic oxidation sites excluding steroid dienone is 1. The van der Waals surface area contributed by atoms with Gasteiger partial charge in [0.15, 0.2) is 11.6 Å². The van der Waals surface area contributed by atoms with Gasteiger partial charge in [0.05, 0.1) is 11.3 Å². The van der Waals surface area contributed by atoms with Crippen LogP contribution in [0.2, 0.25) is 0 Å². The molecule has 0 spiro atoms. The van der Waals surface area contributed by atoms with Gasteiger partial charge in [0.25, 0.3) is 0 Å². The number of aromatic nitrogens is 1. The first-order chi connectivity index (χ1) is 17.6. The quantitative estimate of drug-likeness (QED) is 0.190. The van der Waals surface area contributed by atoms with Crippen LogP contribution in [-0.2, 0) is 0 Å². The minimum absolute atomic E-state index is 0.208. The van der Waals surface area contributed by atoms with Crippen molar-refractivity contribution in [1.82, 2.24) is 4.98 Å². The molecule has 36 heavy (non-hydrogen) atoms. The average Bonchev–Trinajstić information content (AvgIpc) is 3.46. The number of anilines is 3. The van der Waals surface area contributed by atoms with Crippen molar-refractivity contribution in [2.24, 2.45) is 0 Å². The van der Waals surface area contributed by atoms with Crippen molar-refractivity contribution in [3.05, 3.63) is 124 Å². The summed E-state index contributed by atoms with van der Waals surface area (Å²) in [6.45, 7) is 2.21. The zero-order valence-corrected chi connectivity index (χ0v) is 20.3. The van der Waals surface area contributed by atoms with Gasteiger partial charge in [0.2, 0.25) is 0 Å². The van der Waals surface area contributed by atoms with Gasteiger partial charge in [0.1, 0.15) is 10.8 Å². The average molecular weight is 485 g/mol. The number of carbonyl (C=O) groups excluding carboxylic acids is 2. The van der Waals surface area contributed by atoms with Gasteiger partial charge >= 0.3 is 0 Å². The Balaban J connectivity index is 1.30. The van der Waals surface area contributed by atoms with Crippen molar-refractivity contribution in [1.29, 1.82) is 0 Å². The topological polar surface area (TPSA) is 50.3 Å². The third-order valence-corrected chi connectivity index (χ3v) is 8.14. The number of carbonyl (C=O) groups is 2. The van der Waals surface area contributed by atoms with Crippen molar-refractivity contribution < 1.29 is 9.59 Å². The number of benzene rings is 3. The second-order valence-electron chi connectivity index (χ2n) is 9.17. The SMILES string of the molecule is CC1c2ccccc2N(c2ccc(C=C3C(=O)c4cc5ccccc5cc4C3=O)s2)c2ncccc21. The van der Waals surface area contributed by atoms with Crippen LogP contribution in [0.25, 0.3) is 16.8 Å². The van der Waals surface area contributed by atoms with E-state index in [-0.39, 0.29) is 23.1 Å². The maximum atomic E-state index is 13.2. The van der Waals surface area contributed by atoms with E-state index < -0.39 is 0 Å². The summed E-state index contributed by atoms with van der Waals surface area (Å²) in [7, 11) is 0. The Kier molecular flexibility index (Phi) is 4.56. The van der Waals surface area contributed by atoms with Crippen molar-refractivity contribution >= 4 is 56.3 Å². The molecule has 0 fully saturated rings. The fourth-order valence-electron chi connectivity index (χ4n) is 5.32. The van der Waals surface area contributed by atoms with Crippen molar-refractivity contribution in [2.45, 2.75) is 12.8 Å². The lowest BCUT2D eigenvalue weighted by Gasteiger charge is -2.34. The van der Waals surface area contributed by atoms with E-state index in [4.69, 9.17) is 4.98 Å². The van der Waals surface area contributed by atoms with Gasteiger partial charge in [-0.3, -0.25) is 14.5 Å². The molecule has 3 aromatic carbocycles. The van der Waals surface area contributed by atoms with E-state index in [1.54, 1.807) is 17.4 Å². The molecule has 5 aromatic rings. The molecule has 0 N–H and O–H groups in total. The molecule has 2 aliphatic rings. The molecule has 4 nitrogen and oxygen atoms in total. The largest absolute Gasteiger partial charge is 0.288 e. The normalized spacial score (nSPS) is 16.2. The second-order valence-corrected chi connectivity index (χ2v) is 10.3. The molecule has 0 saturated heterocycles. The molecule has 0 amide bonds. The van der Waals surface area contributed by atoms with Gasteiger partial charge in [-0.2, -0.15) is 0 Å². The molecule has 3 heterocycles. The van der Waals surface area contributed by atoms with Crippen LogP contribution in [0.15, 0.2) is 96.7 Å². The number of Topliss-reactive ketones (excluding diaryl/α,β-unsaturated/α-hetero) is 2. The molecule has 1 unspecified atom stereocenters. The van der Waals surface area contributed by atoms with E-state index in [1.807, 2.05) is 66.9 Å². The highest BCUT2D eigenvalue weighted by atomic mass is 32.1. The molecular weight excluding hydrogens is 464 g/mol. The molecule has 0 saturated carbocycles. The van der Waals surface area contributed by atoms with Crippen molar-refractivity contribution in [3.63, 3.8) is 0 Å². The predicted octanol–water partition coefficient (Wildman–Crippen LogP) is 7.69. The number of hydrogen-bond acceptors (Lipinski definition) is 5. The summed E-state index contributed by atoms with van der Waals surface area (Å²) in [4.78, 5) is 34.2. The fraction of sp³-hybridized carbons (Fsp3) is 0.0645. The van der Waals surface area contributed by atoms with Crippen molar-refractivity contribution in [2.75, 3.05) is 4.90 Å². The summed E-state index contributed by atoms with van der Waals surface area (Å²) in [5.74, 6) is 0.738. The van der Waals surface area contributed by atoms with Crippen LogP contribution in [0.1, 0.15) is 49.6 Å². The van der Waals surface area contributed by atoms with E-state index in [9.17, 15) is 9.59 Å². The van der Waals surface area contributed by atoms with E-state index in [1.165, 1.54) is 11.1 Å². The number of para-hydroxylation sites is 1. The van der Waals surface area contributed by atoms with E-state index in [0.29, 0.717) is 11.1 Å². The Labute approximate surface area is 212 Å². The highest BCUT2D eigenvalue weighted by Crippen LogP contribution is 2.49. The Bertz CT molecular complexity index is 1660. The number of nitrogens with zero attached hydrogens (tertiary/aromatic N) is 2. The minimum atomic E-state index is -0.208. The number of pyridine rings is 1. The molecule has 7 rings (SSSR count). The number of hydrogen-bond donors (Lipinski definition) is 0. The number of rotatable bonds is 2. The molecule has 5 heteroatoms. The molecule has 1 aliphatic carbocycles. The number of fused-ring (bicyclic) bond motifs is 4. The van der Waals surface area contributed by atoms with Crippen molar-refractivity contribution in [3.8, 4) is 0 Å². The van der Waals surface area contributed by atoms with E-state index >= 15 is 0 Å². The first kappa shape index (κ1) is 21.0. The molecule has 1 aliphatic heterocycles. The van der Waals surface area contributed by atoms with Gasteiger partial charge in [-0.15, -0.1) is 11.3 Å². The molecule has 1 atom stereocenters. The van der Waals surface area contributed by atoms with Gasteiger partial charge in [0, 0.05) is 33.7 Å². The highest BCUT2D eigenvalue weighted by molar-refractivity contribution is 7.17. The minimum Gasteiger partial charge on any atom is -0.288 e. The molecule has 172 valence electrons. The van der Waals surface area contributed by atoms with Crippen LogP contribution < -0.4 is 4.90 Å². The van der Waals surface area contributed by atoms with Crippen LogP contribution in [0, 0.1) is 0 Å². The zero-order valence-electron chi connectivity index (χ0n) is 19.4. The third kappa shape index (κ3) is 3.03. The van der Waals surface area contributed by atoms with Gasteiger partial charge < -0.3 is 0 Å². The van der Waals surface area contributed by atoms with E-state index in [2.05, 4.69) is 36.1 Å². The van der Waals surface area contributed by atoms with Crippen LogP contribution in [0.5, 0.6) is 0 Å². The predicted molar refractivity (Wildman–Crippen MR) is 145 cm³/mol. The lowest BCUT2D eigenvalue weighted by atomic mass is 9.88. The van der Waals surface area contributed by atoms with E-state index in [0.717, 1.165) is 32.2 Å². The Morgan fingerprint density at radius 2 is 1.47 bits per heavy atom. The van der Waals surface area contributed by atoms with Crippen LogP contribution in [-0.4, -0.2) is 16.6 Å². The monoisotopic (exact) mass is 484 g/mol. The smallest absolute Gasteiger partial charge is 0.197 e. The lowest BCUT2D eigenvalue weighted by Crippen LogP contribution is -2.20. The molecule has 2 aromatic heterocycles. The molecular formula is C31H20N2O2S. The second kappa shape index (κ2) is 7.83. The van der Waals surface area contributed by atoms with Gasteiger partial charge in [-0.25, -0.2) is 4.98 Å². The summed E-state index contributed by atoms with van der Waals surface area (Å²) >= 11 is 1.55. The standard InChI is InChI=1S/C31H20N2O2S/c1-18-22-9-4-5-11-27(22)33(31-23(18)10-6-14-32-31)28-13-12-21(36-28)17-26-29(34)24-15-19-7-2-3-8-20(19)16-25(24)30(26)35/h2-18H,1H3. The van der Waals surface area contributed by atoms with Crippen LogP contribution >= 0.6 is 11.3 Å². The van der Waals surface area contributed by atoms with Gasteiger partial charge in [-0.05, 0) is 58.8 Å². The summed E-state index contributed by atoms with van der Waals surface area (Å²) in [5.41, 5.74) is 4.71. The Hall–Kier alpha value is -4.35. The van der Waals surface area contributed by atoms with Crippen LogP contribution in [0.4, 0.5) is 16.5 Å². The number of thiophene rings is 1. The zero-order chi connectivity index (χ0) is 24.4. The van der Waals surface area contributed by atoms with Crippen LogP contribution in [0.3, 0.4) is 0 Å². The first-order valence-electron chi connectivity index (χ1n) is 11.9. The first-order valence-corrected chi connectivity index (χ1v) is 12.7.